The smallest absolute Gasteiger partial charge is 0.329 e. The maximum atomic E-state index is 11.7. The summed E-state index contributed by atoms with van der Waals surface area (Å²) >= 11 is 5.74. The summed E-state index contributed by atoms with van der Waals surface area (Å²) in [7, 11) is 0. The third kappa shape index (κ3) is 4.74. The largest absolute Gasteiger partial charge is 0.493 e. The molecule has 1 unspecified atom stereocenters. The van der Waals surface area contributed by atoms with E-state index in [-0.39, 0.29) is 18.9 Å². The molecule has 0 radical (unpaired) electrons. The fourth-order valence-corrected chi connectivity index (χ4v) is 1.58. The van der Waals surface area contributed by atoms with E-state index in [4.69, 9.17) is 21.4 Å². The predicted molar refractivity (Wildman–Crippen MR) is 76.0 cm³/mol. The molecule has 20 heavy (non-hydrogen) atoms. The lowest BCUT2D eigenvalue weighted by Gasteiger charge is -2.24. The van der Waals surface area contributed by atoms with Gasteiger partial charge in [-0.2, -0.15) is 0 Å². The maximum absolute atomic E-state index is 11.7. The van der Waals surface area contributed by atoms with Crippen molar-refractivity contribution in [3.8, 4) is 5.75 Å². The van der Waals surface area contributed by atoms with E-state index >= 15 is 0 Å². The van der Waals surface area contributed by atoms with Gasteiger partial charge in [-0.05, 0) is 37.6 Å². The van der Waals surface area contributed by atoms with Crippen molar-refractivity contribution in [3.05, 3.63) is 29.3 Å². The Morgan fingerprint density at radius 1 is 1.35 bits per heavy atom. The van der Waals surface area contributed by atoms with Crippen molar-refractivity contribution in [2.24, 2.45) is 0 Å². The first-order chi connectivity index (χ1) is 9.37. The van der Waals surface area contributed by atoms with Crippen LogP contribution in [0.25, 0.3) is 0 Å². The topological polar surface area (TPSA) is 75.6 Å². The SMILES string of the molecule is CCC(C)(NC(=O)CCOc1ccc(Cl)cc1)C(=O)O. The van der Waals surface area contributed by atoms with Crippen LogP contribution in [0.5, 0.6) is 5.75 Å². The number of carboxylic acids is 1. The second-order valence-corrected chi connectivity index (χ2v) is 5.03. The predicted octanol–water partition coefficient (Wildman–Crippen LogP) is 2.48. The summed E-state index contributed by atoms with van der Waals surface area (Å²) in [6.07, 6.45) is 0.400. The highest BCUT2D eigenvalue weighted by molar-refractivity contribution is 6.30. The van der Waals surface area contributed by atoms with Gasteiger partial charge in [-0.15, -0.1) is 0 Å². The van der Waals surface area contributed by atoms with Crippen LogP contribution >= 0.6 is 11.6 Å². The minimum atomic E-state index is -1.24. The minimum Gasteiger partial charge on any atom is -0.493 e. The molecule has 0 aliphatic rings. The molecule has 0 fully saturated rings. The van der Waals surface area contributed by atoms with Crippen molar-refractivity contribution in [1.29, 1.82) is 0 Å². The number of hydrogen-bond donors (Lipinski definition) is 2. The van der Waals surface area contributed by atoms with Crippen LogP contribution in [-0.2, 0) is 9.59 Å². The lowest BCUT2D eigenvalue weighted by Crippen LogP contribution is -2.51. The van der Waals surface area contributed by atoms with Crippen molar-refractivity contribution in [1.82, 2.24) is 5.32 Å². The van der Waals surface area contributed by atoms with Crippen LogP contribution in [0.2, 0.25) is 5.02 Å². The van der Waals surface area contributed by atoms with Gasteiger partial charge in [0.2, 0.25) is 5.91 Å². The number of carbonyl (C=O) groups is 2. The first-order valence-corrected chi connectivity index (χ1v) is 6.68. The zero-order chi connectivity index (χ0) is 15.2. The van der Waals surface area contributed by atoms with E-state index in [0.717, 1.165) is 0 Å². The molecule has 1 amide bonds. The number of carbonyl (C=O) groups excluding carboxylic acids is 1. The maximum Gasteiger partial charge on any atom is 0.329 e. The van der Waals surface area contributed by atoms with Gasteiger partial charge in [0.25, 0.3) is 0 Å². The fraction of sp³-hybridized carbons (Fsp3) is 0.429. The van der Waals surface area contributed by atoms with Crippen LogP contribution in [0.15, 0.2) is 24.3 Å². The lowest BCUT2D eigenvalue weighted by atomic mass is 9.99. The molecule has 0 spiro atoms. The number of halogens is 1. The molecule has 0 aromatic heterocycles. The van der Waals surface area contributed by atoms with Gasteiger partial charge in [0.15, 0.2) is 0 Å². The standard InChI is InChI=1S/C14H18ClNO4/c1-3-14(2,13(18)19)16-12(17)8-9-20-11-6-4-10(15)5-7-11/h4-7H,3,8-9H2,1-2H3,(H,16,17)(H,18,19). The number of ether oxygens (including phenoxy) is 1. The average Bonchev–Trinajstić information content (AvgIpc) is 2.40. The monoisotopic (exact) mass is 299 g/mol. The Kier molecular flexibility index (Phi) is 5.82. The van der Waals surface area contributed by atoms with Gasteiger partial charge in [-0.25, -0.2) is 4.79 Å². The summed E-state index contributed by atoms with van der Waals surface area (Å²) in [4.78, 5) is 22.7. The van der Waals surface area contributed by atoms with Gasteiger partial charge in [0.1, 0.15) is 11.3 Å². The van der Waals surface area contributed by atoms with Gasteiger partial charge in [0, 0.05) is 5.02 Å². The Balaban J connectivity index is 2.40. The van der Waals surface area contributed by atoms with Crippen molar-refractivity contribution in [2.75, 3.05) is 6.61 Å². The van der Waals surface area contributed by atoms with E-state index < -0.39 is 11.5 Å². The number of nitrogens with one attached hydrogen (secondary N) is 1. The lowest BCUT2D eigenvalue weighted by molar-refractivity contribution is -0.147. The molecule has 1 aromatic rings. The zero-order valence-electron chi connectivity index (χ0n) is 11.5. The van der Waals surface area contributed by atoms with Gasteiger partial charge in [-0.1, -0.05) is 18.5 Å². The first-order valence-electron chi connectivity index (χ1n) is 6.30. The van der Waals surface area contributed by atoms with Gasteiger partial charge in [-0.3, -0.25) is 4.79 Å². The molecule has 0 saturated heterocycles. The molecule has 5 nitrogen and oxygen atoms in total. The van der Waals surface area contributed by atoms with E-state index in [0.29, 0.717) is 17.2 Å². The molecular formula is C14H18ClNO4. The van der Waals surface area contributed by atoms with Crippen molar-refractivity contribution in [2.45, 2.75) is 32.2 Å². The highest BCUT2D eigenvalue weighted by Crippen LogP contribution is 2.15. The molecule has 0 heterocycles. The highest BCUT2D eigenvalue weighted by atomic mass is 35.5. The van der Waals surface area contributed by atoms with Gasteiger partial charge < -0.3 is 15.2 Å². The molecular weight excluding hydrogens is 282 g/mol. The molecule has 2 N–H and O–H groups in total. The van der Waals surface area contributed by atoms with Crippen LogP contribution in [0.3, 0.4) is 0 Å². The quantitative estimate of drug-likeness (QED) is 0.811. The summed E-state index contributed by atoms with van der Waals surface area (Å²) in [6.45, 7) is 3.36. The van der Waals surface area contributed by atoms with E-state index in [1.165, 1.54) is 6.92 Å². The van der Waals surface area contributed by atoms with Crippen molar-refractivity contribution >= 4 is 23.5 Å². The van der Waals surface area contributed by atoms with Crippen LogP contribution in [0, 0.1) is 0 Å². The van der Waals surface area contributed by atoms with E-state index in [9.17, 15) is 9.59 Å². The number of aliphatic carboxylic acids is 1. The van der Waals surface area contributed by atoms with Crippen LogP contribution in [0.1, 0.15) is 26.7 Å². The number of rotatable bonds is 7. The second kappa shape index (κ2) is 7.14. The average molecular weight is 300 g/mol. The molecule has 1 atom stereocenters. The van der Waals surface area contributed by atoms with Gasteiger partial charge in [0.05, 0.1) is 13.0 Å². The Hall–Kier alpha value is -1.75. The van der Waals surface area contributed by atoms with Crippen molar-refractivity contribution < 1.29 is 19.4 Å². The number of carboxylic acid groups (broad SMARTS) is 1. The molecule has 0 bridgehead atoms. The Labute approximate surface area is 122 Å². The van der Waals surface area contributed by atoms with E-state index in [1.54, 1.807) is 31.2 Å². The third-order valence-corrected chi connectivity index (χ3v) is 3.26. The first kappa shape index (κ1) is 16.3. The molecule has 6 heteroatoms. The number of benzene rings is 1. The number of amides is 1. The van der Waals surface area contributed by atoms with Crippen LogP contribution < -0.4 is 10.1 Å². The summed E-state index contributed by atoms with van der Waals surface area (Å²) in [5.74, 6) is -0.795. The zero-order valence-corrected chi connectivity index (χ0v) is 12.2. The molecule has 110 valence electrons. The Morgan fingerprint density at radius 2 is 1.95 bits per heavy atom. The fourth-order valence-electron chi connectivity index (χ4n) is 1.46. The summed E-state index contributed by atoms with van der Waals surface area (Å²) < 4.78 is 5.37. The molecule has 0 aliphatic carbocycles. The Morgan fingerprint density at radius 3 is 2.45 bits per heavy atom. The molecule has 0 saturated carbocycles. The normalized spacial score (nSPS) is 13.3. The third-order valence-electron chi connectivity index (χ3n) is 3.01. The summed E-state index contributed by atoms with van der Waals surface area (Å²) in [5, 5.41) is 12.2. The molecule has 1 rings (SSSR count). The van der Waals surface area contributed by atoms with E-state index in [1.807, 2.05) is 0 Å². The number of hydrogen-bond acceptors (Lipinski definition) is 3. The molecule has 0 aliphatic heterocycles. The van der Waals surface area contributed by atoms with Crippen LogP contribution in [-0.4, -0.2) is 29.1 Å². The van der Waals surface area contributed by atoms with Crippen LogP contribution in [0.4, 0.5) is 0 Å². The summed E-state index contributed by atoms with van der Waals surface area (Å²) in [5.41, 5.74) is -1.24. The Bertz CT molecular complexity index is 475. The molecule has 1 aromatic carbocycles. The van der Waals surface area contributed by atoms with Crippen molar-refractivity contribution in [3.63, 3.8) is 0 Å². The minimum absolute atomic E-state index is 0.0888. The van der Waals surface area contributed by atoms with Gasteiger partial charge >= 0.3 is 5.97 Å². The second-order valence-electron chi connectivity index (χ2n) is 4.59. The summed E-state index contributed by atoms with van der Waals surface area (Å²) in [6, 6.07) is 6.78. The van der Waals surface area contributed by atoms with E-state index in [2.05, 4.69) is 5.32 Å². The highest BCUT2D eigenvalue weighted by Gasteiger charge is 2.32.